The first-order chi connectivity index (χ1) is 11.7. The zero-order valence-electron chi connectivity index (χ0n) is 13.9. The highest BCUT2D eigenvalue weighted by molar-refractivity contribution is 7.88. The number of benzene rings is 1. The Kier molecular flexibility index (Phi) is 6.37. The third kappa shape index (κ3) is 5.66. The molecule has 0 saturated heterocycles. The molecule has 0 spiro atoms. The molecule has 4 nitrogen and oxygen atoms in total. The molecular weight excluding hydrogens is 357 g/mol. The van der Waals surface area contributed by atoms with Gasteiger partial charge in [0.05, 0.1) is 6.61 Å². The van der Waals surface area contributed by atoms with E-state index in [1.807, 2.05) is 0 Å². The average molecular weight is 378 g/mol. The van der Waals surface area contributed by atoms with E-state index in [4.69, 9.17) is 4.74 Å². The molecule has 25 heavy (non-hydrogen) atoms. The van der Waals surface area contributed by atoms with E-state index in [1.54, 1.807) is 0 Å². The van der Waals surface area contributed by atoms with Gasteiger partial charge in [0.2, 0.25) is 0 Å². The topological polar surface area (TPSA) is 52.6 Å². The minimum Gasteiger partial charge on any atom is -0.493 e. The predicted octanol–water partition coefficient (Wildman–Crippen LogP) is 4.75. The van der Waals surface area contributed by atoms with Crippen LogP contribution in [0.2, 0.25) is 0 Å². The summed E-state index contributed by atoms with van der Waals surface area (Å²) in [4.78, 5) is 0. The molecule has 0 atom stereocenters. The second kappa shape index (κ2) is 8.12. The summed E-state index contributed by atoms with van der Waals surface area (Å²) in [5, 5.41) is 0. The van der Waals surface area contributed by atoms with Crippen LogP contribution in [-0.4, -0.2) is 20.5 Å². The molecule has 0 bridgehead atoms. The quantitative estimate of drug-likeness (QED) is 0.423. The van der Waals surface area contributed by atoms with E-state index in [0.717, 1.165) is 32.1 Å². The highest BCUT2D eigenvalue weighted by Crippen LogP contribution is 2.31. The molecule has 0 saturated carbocycles. The minimum absolute atomic E-state index is 0.359. The van der Waals surface area contributed by atoms with Gasteiger partial charge in [-0.25, -0.2) is 0 Å². The normalized spacial score (nSPS) is 19.4. The van der Waals surface area contributed by atoms with Crippen LogP contribution >= 0.6 is 0 Å². The van der Waals surface area contributed by atoms with E-state index < -0.39 is 15.6 Å². The van der Waals surface area contributed by atoms with E-state index in [0.29, 0.717) is 24.3 Å². The number of halogens is 3. The van der Waals surface area contributed by atoms with Crippen molar-refractivity contribution in [2.24, 2.45) is 0 Å². The van der Waals surface area contributed by atoms with Crippen LogP contribution in [-0.2, 0) is 16.5 Å². The van der Waals surface area contributed by atoms with Crippen LogP contribution in [0.3, 0.4) is 0 Å². The minimum atomic E-state index is -5.67. The number of fused-ring (bicyclic) bond motifs is 1. The van der Waals surface area contributed by atoms with Crippen LogP contribution in [0.5, 0.6) is 11.5 Å². The van der Waals surface area contributed by atoms with Crippen molar-refractivity contribution >= 4 is 10.1 Å². The Morgan fingerprint density at radius 1 is 1.12 bits per heavy atom. The summed E-state index contributed by atoms with van der Waals surface area (Å²) in [6, 6.07) is 3.95. The average Bonchev–Trinajstić information content (AvgIpc) is 2.50. The molecule has 2 rings (SSSR count). The Morgan fingerprint density at radius 3 is 2.60 bits per heavy atom. The largest absolute Gasteiger partial charge is 0.534 e. The standard InChI is InChI=1S/C17H21F3O4S/c1-13-6-3-2-4-8-14-12-15(24-25(21,22)17(18,19)20)9-10-16(14)23-11-5-7-13/h6,9-10,12H,2-5,7-8,11H2,1H3/b13-6-. The van der Waals surface area contributed by atoms with Crippen molar-refractivity contribution in [3.8, 4) is 11.5 Å². The van der Waals surface area contributed by atoms with Crippen molar-refractivity contribution < 1.29 is 30.5 Å². The third-order valence-corrected chi connectivity index (χ3v) is 4.87. The number of allylic oxidation sites excluding steroid dienone is 2. The fourth-order valence-corrected chi connectivity index (χ4v) is 3.01. The molecule has 8 heteroatoms. The van der Waals surface area contributed by atoms with Gasteiger partial charge in [0.25, 0.3) is 0 Å². The lowest BCUT2D eigenvalue weighted by Gasteiger charge is -2.15. The monoisotopic (exact) mass is 378 g/mol. The number of alkyl halides is 3. The zero-order chi connectivity index (χ0) is 18.5. The van der Waals surface area contributed by atoms with Gasteiger partial charge in [0.1, 0.15) is 11.5 Å². The number of ether oxygens (including phenoxy) is 1. The summed E-state index contributed by atoms with van der Waals surface area (Å²) in [5.74, 6) is 0.196. The fourth-order valence-electron chi connectivity index (χ4n) is 2.56. The summed E-state index contributed by atoms with van der Waals surface area (Å²) in [5.41, 5.74) is -3.48. The molecule has 1 aromatic rings. The second-order valence-corrected chi connectivity index (χ2v) is 7.54. The van der Waals surface area contributed by atoms with Crippen LogP contribution in [0.25, 0.3) is 0 Å². The summed E-state index contributed by atoms with van der Waals surface area (Å²) in [6.07, 6.45) is 7.23. The molecule has 140 valence electrons. The zero-order valence-corrected chi connectivity index (χ0v) is 14.8. The lowest BCUT2D eigenvalue weighted by molar-refractivity contribution is -0.0500. The van der Waals surface area contributed by atoms with Gasteiger partial charge in [-0.15, -0.1) is 0 Å². The highest BCUT2D eigenvalue weighted by atomic mass is 32.2. The Labute approximate surface area is 145 Å². The maximum atomic E-state index is 12.4. The Balaban J connectivity index is 2.18. The lowest BCUT2D eigenvalue weighted by atomic mass is 10.0. The van der Waals surface area contributed by atoms with Crippen molar-refractivity contribution in [2.75, 3.05) is 6.61 Å². The van der Waals surface area contributed by atoms with E-state index >= 15 is 0 Å². The van der Waals surface area contributed by atoms with E-state index in [1.165, 1.54) is 23.8 Å². The Morgan fingerprint density at radius 2 is 1.88 bits per heavy atom. The number of hydrogen-bond donors (Lipinski definition) is 0. The van der Waals surface area contributed by atoms with Crippen LogP contribution in [0.4, 0.5) is 13.2 Å². The molecule has 0 N–H and O–H groups in total. The first-order valence-electron chi connectivity index (χ1n) is 8.11. The van der Waals surface area contributed by atoms with E-state index in [-0.39, 0.29) is 5.75 Å². The third-order valence-electron chi connectivity index (χ3n) is 3.89. The Bertz CT molecular complexity index is 724. The van der Waals surface area contributed by atoms with Crippen molar-refractivity contribution in [2.45, 2.75) is 51.0 Å². The van der Waals surface area contributed by atoms with Crippen LogP contribution < -0.4 is 8.92 Å². The van der Waals surface area contributed by atoms with Crippen LogP contribution in [0, 0.1) is 0 Å². The van der Waals surface area contributed by atoms with Crippen LogP contribution in [0.15, 0.2) is 29.8 Å². The van der Waals surface area contributed by atoms with Gasteiger partial charge in [-0.05, 0) is 69.2 Å². The van der Waals surface area contributed by atoms with Gasteiger partial charge in [-0.3, -0.25) is 0 Å². The van der Waals surface area contributed by atoms with Crippen molar-refractivity contribution in [1.29, 1.82) is 0 Å². The molecule has 0 aliphatic carbocycles. The summed E-state index contributed by atoms with van der Waals surface area (Å²) in [6.45, 7) is 2.57. The molecule has 1 aliphatic rings. The summed E-state index contributed by atoms with van der Waals surface area (Å²) in [7, 11) is -5.67. The van der Waals surface area contributed by atoms with Gasteiger partial charge < -0.3 is 8.92 Å². The van der Waals surface area contributed by atoms with Gasteiger partial charge >= 0.3 is 15.6 Å². The highest BCUT2D eigenvalue weighted by Gasteiger charge is 2.48. The Hall–Kier alpha value is -1.70. The predicted molar refractivity (Wildman–Crippen MR) is 88.1 cm³/mol. The maximum absolute atomic E-state index is 12.4. The van der Waals surface area contributed by atoms with Gasteiger partial charge in [0.15, 0.2) is 0 Å². The first-order valence-corrected chi connectivity index (χ1v) is 9.52. The summed E-state index contributed by atoms with van der Waals surface area (Å²) >= 11 is 0. The fraction of sp³-hybridized carbons (Fsp3) is 0.529. The molecular formula is C17H21F3O4S. The van der Waals surface area contributed by atoms with Crippen molar-refractivity contribution in [3.63, 3.8) is 0 Å². The van der Waals surface area contributed by atoms with Crippen LogP contribution in [0.1, 0.15) is 44.6 Å². The molecule has 1 heterocycles. The number of aryl methyl sites for hydroxylation is 1. The number of hydrogen-bond acceptors (Lipinski definition) is 4. The molecule has 0 unspecified atom stereocenters. The summed E-state index contributed by atoms with van der Waals surface area (Å²) < 4.78 is 69.5. The molecule has 0 radical (unpaired) electrons. The molecule has 0 fully saturated rings. The van der Waals surface area contributed by atoms with Crippen molar-refractivity contribution in [1.82, 2.24) is 0 Å². The molecule has 1 aromatic carbocycles. The van der Waals surface area contributed by atoms with Gasteiger partial charge in [-0.2, -0.15) is 21.6 Å². The SMILES string of the molecule is C/C1=C/CCCCc2cc(OS(=O)(=O)C(F)(F)F)ccc2OCCC1. The molecule has 0 amide bonds. The van der Waals surface area contributed by atoms with E-state index in [9.17, 15) is 21.6 Å². The number of rotatable bonds is 2. The molecule has 0 aromatic heterocycles. The maximum Gasteiger partial charge on any atom is 0.534 e. The first kappa shape index (κ1) is 19.6. The van der Waals surface area contributed by atoms with Crippen molar-refractivity contribution in [3.05, 3.63) is 35.4 Å². The smallest absolute Gasteiger partial charge is 0.493 e. The van der Waals surface area contributed by atoms with Gasteiger partial charge in [-0.1, -0.05) is 11.6 Å². The lowest BCUT2D eigenvalue weighted by Crippen LogP contribution is -2.28. The van der Waals surface area contributed by atoms with Gasteiger partial charge in [0, 0.05) is 0 Å². The molecule has 1 aliphatic heterocycles. The van der Waals surface area contributed by atoms with E-state index in [2.05, 4.69) is 17.2 Å². The second-order valence-electron chi connectivity index (χ2n) is 6.00.